The first-order valence-electron chi connectivity index (χ1n) is 4.87. The summed E-state index contributed by atoms with van der Waals surface area (Å²) in [6, 6.07) is 3.77. The third kappa shape index (κ3) is 2.30. The van der Waals surface area contributed by atoms with Gasteiger partial charge in [0.25, 0.3) is 11.8 Å². The molecule has 0 spiro atoms. The molecule has 92 valence electrons. The van der Waals surface area contributed by atoms with E-state index in [9.17, 15) is 19.8 Å². The number of rotatable bonds is 1. The van der Waals surface area contributed by atoms with Crippen molar-refractivity contribution in [2.45, 2.75) is 0 Å². The Morgan fingerprint density at radius 3 is 2.33 bits per heavy atom. The van der Waals surface area contributed by atoms with Crippen molar-refractivity contribution in [2.75, 3.05) is 0 Å². The smallest absolute Gasteiger partial charge is 0.263 e. The van der Waals surface area contributed by atoms with Gasteiger partial charge in [0.05, 0.1) is 0 Å². The first kappa shape index (κ1) is 12.1. The van der Waals surface area contributed by atoms with Gasteiger partial charge < -0.3 is 10.2 Å². The molecular weight excluding hydrogens is 256 g/mol. The number of aromatic hydroxyl groups is 2. The number of carbonyl (C=O) groups excluding carboxylic acids is 2. The highest BCUT2D eigenvalue weighted by atomic mass is 32.1. The molecule has 1 fully saturated rings. The normalized spacial score (nSPS) is 15.1. The number of hydrogen-bond donors (Lipinski definition) is 4. The highest BCUT2D eigenvalue weighted by Crippen LogP contribution is 2.24. The molecule has 1 aromatic carbocycles. The van der Waals surface area contributed by atoms with E-state index >= 15 is 0 Å². The van der Waals surface area contributed by atoms with Crippen molar-refractivity contribution in [3.63, 3.8) is 0 Å². The number of thiocarbonyl (C=S) groups is 1. The first-order chi connectivity index (χ1) is 8.47. The largest absolute Gasteiger partial charge is 0.508 e. The highest BCUT2D eigenvalue weighted by molar-refractivity contribution is 7.80. The van der Waals surface area contributed by atoms with Crippen LogP contribution in [0.3, 0.4) is 0 Å². The Labute approximate surface area is 107 Å². The van der Waals surface area contributed by atoms with Gasteiger partial charge in [-0.1, -0.05) is 0 Å². The molecule has 4 N–H and O–H groups in total. The molecule has 1 aliphatic rings. The van der Waals surface area contributed by atoms with Crippen LogP contribution in [0.2, 0.25) is 0 Å². The van der Waals surface area contributed by atoms with Gasteiger partial charge in [0, 0.05) is 5.56 Å². The fourth-order valence-corrected chi connectivity index (χ4v) is 1.60. The minimum atomic E-state index is -0.661. The minimum absolute atomic E-state index is 0.0673. The zero-order valence-corrected chi connectivity index (χ0v) is 9.75. The fourth-order valence-electron chi connectivity index (χ4n) is 1.42. The summed E-state index contributed by atoms with van der Waals surface area (Å²) in [5, 5.41) is 23.3. The number of amides is 2. The molecule has 2 rings (SSSR count). The van der Waals surface area contributed by atoms with Crippen LogP contribution in [0.4, 0.5) is 0 Å². The van der Waals surface area contributed by atoms with Crippen molar-refractivity contribution < 1.29 is 19.8 Å². The monoisotopic (exact) mass is 264 g/mol. The van der Waals surface area contributed by atoms with Gasteiger partial charge in [-0.05, 0) is 36.5 Å². The zero-order valence-electron chi connectivity index (χ0n) is 8.93. The zero-order chi connectivity index (χ0) is 13.3. The molecule has 0 saturated carbocycles. The van der Waals surface area contributed by atoms with E-state index in [4.69, 9.17) is 0 Å². The summed E-state index contributed by atoms with van der Waals surface area (Å²) < 4.78 is 0. The lowest BCUT2D eigenvalue weighted by Gasteiger charge is -2.16. The molecule has 1 aliphatic heterocycles. The Morgan fingerprint density at radius 2 is 1.72 bits per heavy atom. The van der Waals surface area contributed by atoms with Crippen LogP contribution < -0.4 is 10.6 Å². The van der Waals surface area contributed by atoms with E-state index in [2.05, 4.69) is 22.9 Å². The molecular formula is C11H8N2O4S. The second kappa shape index (κ2) is 4.46. The van der Waals surface area contributed by atoms with Crippen molar-refractivity contribution in [1.29, 1.82) is 0 Å². The third-order valence-corrected chi connectivity index (χ3v) is 2.46. The van der Waals surface area contributed by atoms with Crippen molar-refractivity contribution in [1.82, 2.24) is 10.6 Å². The average molecular weight is 264 g/mol. The second-order valence-corrected chi connectivity index (χ2v) is 3.95. The highest BCUT2D eigenvalue weighted by Gasteiger charge is 2.25. The summed E-state index contributed by atoms with van der Waals surface area (Å²) in [5.41, 5.74) is -0.0485. The van der Waals surface area contributed by atoms with Gasteiger partial charge in [-0.15, -0.1) is 0 Å². The van der Waals surface area contributed by atoms with Gasteiger partial charge in [0.15, 0.2) is 5.11 Å². The van der Waals surface area contributed by atoms with E-state index < -0.39 is 11.8 Å². The van der Waals surface area contributed by atoms with Crippen molar-refractivity contribution in [2.24, 2.45) is 0 Å². The van der Waals surface area contributed by atoms with Crippen molar-refractivity contribution >= 4 is 35.2 Å². The molecule has 0 radical (unpaired) electrons. The fraction of sp³-hybridized carbons (Fsp3) is 0. The maximum absolute atomic E-state index is 11.5. The van der Waals surface area contributed by atoms with E-state index in [0.717, 1.165) is 0 Å². The molecule has 1 aromatic rings. The summed E-state index contributed by atoms with van der Waals surface area (Å²) >= 11 is 4.64. The molecule has 1 heterocycles. The topological polar surface area (TPSA) is 98.7 Å². The van der Waals surface area contributed by atoms with Crippen LogP contribution in [0.5, 0.6) is 11.5 Å². The minimum Gasteiger partial charge on any atom is -0.508 e. The summed E-state index contributed by atoms with van der Waals surface area (Å²) in [5.74, 6) is -1.57. The Morgan fingerprint density at radius 1 is 1.11 bits per heavy atom. The second-order valence-electron chi connectivity index (χ2n) is 3.54. The van der Waals surface area contributed by atoms with E-state index in [1.807, 2.05) is 0 Å². The van der Waals surface area contributed by atoms with Crippen molar-refractivity contribution in [3.8, 4) is 11.5 Å². The van der Waals surface area contributed by atoms with E-state index in [1.54, 1.807) is 0 Å². The molecule has 18 heavy (non-hydrogen) atoms. The van der Waals surface area contributed by atoms with Crippen LogP contribution in [-0.4, -0.2) is 27.1 Å². The summed E-state index contributed by atoms with van der Waals surface area (Å²) in [6.07, 6.45) is 1.17. The van der Waals surface area contributed by atoms with Gasteiger partial charge in [-0.25, -0.2) is 0 Å². The summed E-state index contributed by atoms with van der Waals surface area (Å²) in [4.78, 5) is 23.1. The predicted molar refractivity (Wildman–Crippen MR) is 66.6 cm³/mol. The van der Waals surface area contributed by atoms with Crippen LogP contribution >= 0.6 is 12.2 Å². The molecule has 0 atom stereocenters. The van der Waals surface area contributed by atoms with Gasteiger partial charge in [0.1, 0.15) is 17.1 Å². The number of carbonyl (C=O) groups is 2. The predicted octanol–water partition coefficient (Wildman–Crippen LogP) is 0.0121. The number of hydrogen-bond acceptors (Lipinski definition) is 5. The third-order valence-electron chi connectivity index (χ3n) is 2.25. The molecule has 0 aromatic heterocycles. The van der Waals surface area contributed by atoms with E-state index in [0.29, 0.717) is 0 Å². The maximum atomic E-state index is 11.5. The Bertz CT molecular complexity index is 573. The van der Waals surface area contributed by atoms with Gasteiger partial charge in [-0.3, -0.25) is 20.2 Å². The van der Waals surface area contributed by atoms with Crippen LogP contribution in [0, 0.1) is 0 Å². The van der Waals surface area contributed by atoms with Gasteiger partial charge in [0.2, 0.25) is 0 Å². The first-order valence-corrected chi connectivity index (χ1v) is 5.28. The van der Waals surface area contributed by atoms with E-state index in [1.165, 1.54) is 24.3 Å². The Balaban J connectivity index is 2.43. The van der Waals surface area contributed by atoms with Crippen LogP contribution in [0.15, 0.2) is 23.8 Å². The lowest BCUT2D eigenvalue weighted by Crippen LogP contribution is -2.51. The Kier molecular flexibility index (Phi) is 2.99. The molecule has 1 saturated heterocycles. The summed E-state index contributed by atoms with van der Waals surface area (Å²) in [7, 11) is 0. The van der Waals surface area contributed by atoms with Gasteiger partial charge >= 0.3 is 0 Å². The lowest BCUT2D eigenvalue weighted by atomic mass is 10.1. The number of phenols is 2. The number of benzene rings is 1. The lowest BCUT2D eigenvalue weighted by molar-refractivity contribution is -0.123. The van der Waals surface area contributed by atoms with Crippen LogP contribution in [0.25, 0.3) is 6.08 Å². The average Bonchev–Trinajstić information content (AvgIpc) is 2.28. The molecule has 7 heteroatoms. The number of phenolic OH excluding ortho intramolecular Hbond substituents is 2. The summed E-state index contributed by atoms with van der Waals surface area (Å²) in [6.45, 7) is 0. The SMILES string of the molecule is O=C1NC(=S)NC(=O)C1=Cc1cc(O)ccc1O. The van der Waals surface area contributed by atoms with Gasteiger partial charge in [-0.2, -0.15) is 0 Å². The molecule has 0 unspecified atom stereocenters. The number of nitrogens with one attached hydrogen (secondary N) is 2. The molecule has 0 aliphatic carbocycles. The van der Waals surface area contributed by atoms with Crippen LogP contribution in [0.1, 0.15) is 5.56 Å². The van der Waals surface area contributed by atoms with Crippen molar-refractivity contribution in [3.05, 3.63) is 29.3 Å². The standard InChI is InChI=1S/C11H8N2O4S/c14-6-1-2-8(15)5(3-6)4-7-9(16)12-11(18)13-10(7)17/h1-4,14-15H,(H2,12,13,16,17,18). The van der Waals surface area contributed by atoms with Crippen LogP contribution in [-0.2, 0) is 9.59 Å². The van der Waals surface area contributed by atoms with E-state index in [-0.39, 0.29) is 27.7 Å². The quantitative estimate of drug-likeness (QED) is 0.248. The Hall–Kier alpha value is -2.41. The molecule has 2 amide bonds. The maximum Gasteiger partial charge on any atom is 0.263 e. The molecule has 6 nitrogen and oxygen atoms in total. The molecule has 0 bridgehead atoms.